The molecule has 0 aliphatic carbocycles. The van der Waals surface area contributed by atoms with Crippen molar-refractivity contribution < 1.29 is 23.9 Å². The molecule has 2 heterocycles. The number of cyclic esters (lactones) is 1. The summed E-state index contributed by atoms with van der Waals surface area (Å²) in [7, 11) is 0. The Hall–Kier alpha value is -3.47. The molecular weight excluding hydrogens is 498 g/mol. The third kappa shape index (κ3) is 7.06. The van der Waals surface area contributed by atoms with Gasteiger partial charge in [0, 0.05) is 54.6 Å². The molecule has 37 heavy (non-hydrogen) atoms. The Balaban J connectivity index is 1.26. The lowest BCUT2D eigenvalue weighted by molar-refractivity contribution is -0.144. The van der Waals surface area contributed by atoms with Crippen LogP contribution in [-0.4, -0.2) is 92.1 Å². The fourth-order valence-electron chi connectivity index (χ4n) is 4.30. The molecule has 0 spiro atoms. The lowest BCUT2D eigenvalue weighted by Crippen LogP contribution is -2.50. The zero-order chi connectivity index (χ0) is 26.4. The molecule has 2 saturated heterocycles. The van der Waals surface area contributed by atoms with Gasteiger partial charge in [-0.3, -0.25) is 29.7 Å². The second-order valence-corrected chi connectivity index (χ2v) is 9.32. The molecular formula is C26H30ClN5O5. The Kier molecular flexibility index (Phi) is 8.75. The highest BCUT2D eigenvalue weighted by Gasteiger charge is 2.34. The predicted molar refractivity (Wildman–Crippen MR) is 139 cm³/mol. The van der Waals surface area contributed by atoms with Gasteiger partial charge >= 0.3 is 12.1 Å². The zero-order valence-corrected chi connectivity index (χ0v) is 21.4. The van der Waals surface area contributed by atoms with Crippen molar-refractivity contribution in [2.75, 3.05) is 57.3 Å². The Bertz CT molecular complexity index is 1130. The van der Waals surface area contributed by atoms with E-state index in [1.807, 2.05) is 0 Å². The molecule has 0 radical (unpaired) electrons. The molecule has 196 valence electrons. The predicted octanol–water partition coefficient (Wildman–Crippen LogP) is 2.60. The third-order valence-corrected chi connectivity index (χ3v) is 6.52. The van der Waals surface area contributed by atoms with Crippen LogP contribution in [0.25, 0.3) is 0 Å². The number of carbonyl (C=O) groups excluding carboxylic acids is 3. The van der Waals surface area contributed by atoms with E-state index in [1.165, 1.54) is 0 Å². The largest absolute Gasteiger partial charge is 0.465 e. The molecule has 10 nitrogen and oxygen atoms in total. The molecule has 2 amide bonds. The normalized spacial score (nSPS) is 18.4. The number of benzene rings is 2. The second kappa shape index (κ2) is 12.2. The molecule has 2 aliphatic rings. The number of halogens is 1. The fourth-order valence-corrected chi connectivity index (χ4v) is 4.43. The Morgan fingerprint density at radius 2 is 1.65 bits per heavy atom. The maximum atomic E-state index is 12.5. The molecule has 0 saturated carbocycles. The second-order valence-electron chi connectivity index (χ2n) is 8.88. The minimum atomic E-state index is -0.412. The first-order valence-electron chi connectivity index (χ1n) is 12.2. The first kappa shape index (κ1) is 26.6. The van der Waals surface area contributed by atoms with Crippen LogP contribution in [0.15, 0.2) is 48.5 Å². The monoisotopic (exact) mass is 527 g/mol. The zero-order valence-electron chi connectivity index (χ0n) is 20.6. The first-order valence-corrected chi connectivity index (χ1v) is 12.5. The van der Waals surface area contributed by atoms with Gasteiger partial charge in [0.05, 0.1) is 19.7 Å². The minimum Gasteiger partial charge on any atom is -0.465 e. The topological polar surface area (TPSA) is 115 Å². The number of nitrogens with one attached hydrogen (secondary N) is 2. The van der Waals surface area contributed by atoms with Crippen molar-refractivity contribution in [1.82, 2.24) is 15.1 Å². The van der Waals surface area contributed by atoms with Gasteiger partial charge in [-0.2, -0.15) is 0 Å². The van der Waals surface area contributed by atoms with Crippen LogP contribution in [-0.2, 0) is 14.3 Å². The maximum Gasteiger partial charge on any atom is 0.414 e. The lowest BCUT2D eigenvalue weighted by atomic mass is 10.1. The summed E-state index contributed by atoms with van der Waals surface area (Å²) >= 11 is 5.85. The summed E-state index contributed by atoms with van der Waals surface area (Å²) in [6.07, 6.45) is -0.675. The molecule has 4 rings (SSSR count). The summed E-state index contributed by atoms with van der Waals surface area (Å²) in [5, 5.41) is 11.3. The average Bonchev–Trinajstić information content (AvgIpc) is 3.25. The maximum absolute atomic E-state index is 12.5. The van der Waals surface area contributed by atoms with E-state index in [2.05, 4.69) is 15.1 Å². The first-order chi connectivity index (χ1) is 17.8. The molecule has 2 aliphatic heterocycles. The molecule has 0 aromatic heterocycles. The molecule has 2 fully saturated rings. The van der Waals surface area contributed by atoms with Crippen LogP contribution in [0, 0.1) is 5.41 Å². The highest BCUT2D eigenvalue weighted by Crippen LogP contribution is 2.23. The number of esters is 1. The van der Waals surface area contributed by atoms with Gasteiger partial charge in [-0.1, -0.05) is 11.6 Å². The summed E-state index contributed by atoms with van der Waals surface area (Å²) in [6, 6.07) is 13.2. The molecule has 1 atom stereocenters. The number of amidine groups is 1. The van der Waals surface area contributed by atoms with Crippen molar-refractivity contribution in [2.45, 2.75) is 13.0 Å². The number of ether oxygens (including phenoxy) is 2. The Morgan fingerprint density at radius 3 is 2.30 bits per heavy atom. The fraction of sp³-hybridized carbons (Fsp3) is 0.385. The average molecular weight is 528 g/mol. The number of carbonyl (C=O) groups is 3. The molecule has 1 unspecified atom stereocenters. The van der Waals surface area contributed by atoms with Crippen LogP contribution in [0.2, 0.25) is 5.02 Å². The number of rotatable bonds is 8. The summed E-state index contributed by atoms with van der Waals surface area (Å²) in [5.41, 5.74) is 1.57. The van der Waals surface area contributed by atoms with E-state index in [9.17, 15) is 14.4 Å². The number of nitrogens with zero attached hydrogens (tertiary/aromatic N) is 3. The van der Waals surface area contributed by atoms with Crippen LogP contribution in [0.5, 0.6) is 0 Å². The van der Waals surface area contributed by atoms with Gasteiger partial charge in [0.1, 0.15) is 11.9 Å². The van der Waals surface area contributed by atoms with Gasteiger partial charge in [-0.25, -0.2) is 4.79 Å². The lowest BCUT2D eigenvalue weighted by Gasteiger charge is -2.34. The summed E-state index contributed by atoms with van der Waals surface area (Å²) in [4.78, 5) is 42.4. The minimum absolute atomic E-state index is 0.0459. The number of amides is 2. The standard InChI is InChI=1S/C26H30ClN5O5/c1-2-36-23(33)17-31-13-11-30(12-14-31)15-22-16-32(26(35)37-22)21-9-5-18(6-10-21)24(28)29-25(34)19-3-7-20(27)8-4-19/h3-10,22H,2,11-17H2,1H3,(H2,28,29,34). The van der Waals surface area contributed by atoms with Crippen molar-refractivity contribution in [3.05, 3.63) is 64.7 Å². The Morgan fingerprint density at radius 1 is 1.03 bits per heavy atom. The van der Waals surface area contributed by atoms with E-state index >= 15 is 0 Å². The highest BCUT2D eigenvalue weighted by molar-refractivity contribution is 6.30. The number of hydrogen-bond donors (Lipinski definition) is 2. The van der Waals surface area contributed by atoms with E-state index in [1.54, 1.807) is 60.4 Å². The highest BCUT2D eigenvalue weighted by atomic mass is 35.5. The van der Waals surface area contributed by atoms with E-state index in [0.717, 1.165) is 26.2 Å². The molecule has 2 N–H and O–H groups in total. The van der Waals surface area contributed by atoms with Crippen molar-refractivity contribution in [2.24, 2.45) is 0 Å². The van der Waals surface area contributed by atoms with Gasteiger partial charge in [0.25, 0.3) is 5.91 Å². The third-order valence-electron chi connectivity index (χ3n) is 6.27. The molecule has 0 bridgehead atoms. The van der Waals surface area contributed by atoms with Gasteiger partial charge in [0.15, 0.2) is 0 Å². The smallest absolute Gasteiger partial charge is 0.414 e. The SMILES string of the molecule is CCOC(=O)CN1CCN(CC2CN(c3ccc(C(=N)NC(=O)c4ccc(Cl)cc4)cc3)C(=O)O2)CC1. The van der Waals surface area contributed by atoms with Crippen LogP contribution >= 0.6 is 11.6 Å². The molecule has 11 heteroatoms. The van der Waals surface area contributed by atoms with Gasteiger partial charge in [-0.15, -0.1) is 0 Å². The van der Waals surface area contributed by atoms with Gasteiger partial charge in [-0.05, 0) is 55.5 Å². The number of hydrogen-bond acceptors (Lipinski definition) is 8. The molecule has 2 aromatic rings. The van der Waals surface area contributed by atoms with E-state index in [0.29, 0.717) is 48.1 Å². The quantitative estimate of drug-likeness (QED) is 0.308. The van der Waals surface area contributed by atoms with Crippen LogP contribution in [0.4, 0.5) is 10.5 Å². The van der Waals surface area contributed by atoms with Crippen molar-refractivity contribution in [1.29, 1.82) is 5.41 Å². The van der Waals surface area contributed by atoms with E-state index in [-0.39, 0.29) is 17.9 Å². The van der Waals surface area contributed by atoms with Crippen LogP contribution < -0.4 is 10.2 Å². The van der Waals surface area contributed by atoms with Crippen LogP contribution in [0.3, 0.4) is 0 Å². The van der Waals surface area contributed by atoms with E-state index < -0.39 is 12.0 Å². The van der Waals surface area contributed by atoms with Crippen molar-refractivity contribution in [3.63, 3.8) is 0 Å². The Labute approximate surface area is 220 Å². The summed E-state index contributed by atoms with van der Waals surface area (Å²) in [5.74, 6) is -0.657. The number of piperazine rings is 1. The number of anilines is 1. The van der Waals surface area contributed by atoms with Crippen molar-refractivity contribution >= 4 is 41.1 Å². The van der Waals surface area contributed by atoms with Gasteiger partial charge in [0.2, 0.25) is 0 Å². The molecule has 2 aromatic carbocycles. The van der Waals surface area contributed by atoms with Gasteiger partial charge < -0.3 is 14.8 Å². The summed E-state index contributed by atoms with van der Waals surface area (Å²) in [6.45, 7) is 6.60. The van der Waals surface area contributed by atoms with Crippen molar-refractivity contribution in [3.8, 4) is 0 Å². The van der Waals surface area contributed by atoms with E-state index in [4.69, 9.17) is 26.5 Å². The van der Waals surface area contributed by atoms with Crippen LogP contribution in [0.1, 0.15) is 22.8 Å². The summed E-state index contributed by atoms with van der Waals surface area (Å²) < 4.78 is 10.6.